The molecule has 1 aromatic heterocycles. The molecule has 31 heavy (non-hydrogen) atoms. The van der Waals surface area contributed by atoms with E-state index in [-0.39, 0.29) is 24.5 Å². The molecule has 0 atom stereocenters. The molecule has 0 saturated carbocycles. The zero-order valence-corrected chi connectivity index (χ0v) is 16.2. The number of carbonyl (C=O) groups is 3. The van der Waals surface area contributed by atoms with E-state index < -0.39 is 17.8 Å². The van der Waals surface area contributed by atoms with E-state index in [9.17, 15) is 18.8 Å². The number of rotatable bonds is 6. The lowest BCUT2D eigenvalue weighted by molar-refractivity contribution is -0.130. The van der Waals surface area contributed by atoms with Gasteiger partial charge >= 0.3 is 6.03 Å². The third kappa shape index (κ3) is 4.53. The third-order valence-electron chi connectivity index (χ3n) is 4.58. The van der Waals surface area contributed by atoms with Gasteiger partial charge in [0.1, 0.15) is 29.5 Å². The first-order valence-electron chi connectivity index (χ1n) is 9.39. The maximum atomic E-state index is 13.4. The van der Waals surface area contributed by atoms with Crippen molar-refractivity contribution in [3.8, 4) is 5.75 Å². The molecule has 1 saturated heterocycles. The minimum absolute atomic E-state index is 0.0984. The number of imide groups is 2. The van der Waals surface area contributed by atoms with E-state index in [0.29, 0.717) is 22.6 Å². The van der Waals surface area contributed by atoms with Gasteiger partial charge in [0, 0.05) is 5.56 Å². The first-order valence-corrected chi connectivity index (χ1v) is 9.39. The highest BCUT2D eigenvalue weighted by Gasteiger charge is 2.36. The van der Waals surface area contributed by atoms with Crippen LogP contribution in [0, 0.1) is 5.82 Å². The van der Waals surface area contributed by atoms with E-state index in [1.807, 2.05) is 0 Å². The van der Waals surface area contributed by atoms with Gasteiger partial charge in [-0.15, -0.1) is 0 Å². The van der Waals surface area contributed by atoms with Crippen molar-refractivity contribution >= 4 is 23.9 Å². The molecule has 4 rings (SSSR count). The van der Waals surface area contributed by atoms with Gasteiger partial charge in [-0.1, -0.05) is 30.3 Å². The molecule has 4 amide bonds. The number of para-hydroxylation sites is 1. The number of nitrogens with zero attached hydrogens (tertiary/aromatic N) is 1. The molecule has 1 aliphatic heterocycles. The van der Waals surface area contributed by atoms with E-state index in [2.05, 4.69) is 5.32 Å². The fraction of sp³-hybridized carbons (Fsp3) is 0.0870. The predicted molar refractivity (Wildman–Crippen MR) is 108 cm³/mol. The van der Waals surface area contributed by atoms with Gasteiger partial charge in [0.15, 0.2) is 0 Å². The number of amides is 4. The van der Waals surface area contributed by atoms with Gasteiger partial charge in [-0.2, -0.15) is 0 Å². The SMILES string of the molecule is O=C1NC(=O)N(Cc2ccco2)C(=O)C1=Cc1ccccc1OCc1cccc(F)c1. The Morgan fingerprint density at radius 3 is 2.65 bits per heavy atom. The summed E-state index contributed by atoms with van der Waals surface area (Å²) in [5.41, 5.74) is 0.877. The van der Waals surface area contributed by atoms with Crippen molar-refractivity contribution in [3.63, 3.8) is 0 Å². The number of hydrogen-bond donors (Lipinski definition) is 1. The van der Waals surface area contributed by atoms with Crippen molar-refractivity contribution in [2.75, 3.05) is 0 Å². The summed E-state index contributed by atoms with van der Waals surface area (Å²) in [7, 11) is 0. The molecule has 1 fully saturated rings. The monoisotopic (exact) mass is 420 g/mol. The minimum Gasteiger partial charge on any atom is -0.488 e. The molecule has 7 nitrogen and oxygen atoms in total. The lowest BCUT2D eigenvalue weighted by Crippen LogP contribution is -2.53. The average molecular weight is 420 g/mol. The van der Waals surface area contributed by atoms with Gasteiger partial charge < -0.3 is 9.15 Å². The molecule has 1 aliphatic rings. The average Bonchev–Trinajstić information content (AvgIpc) is 3.27. The van der Waals surface area contributed by atoms with Crippen molar-refractivity contribution in [2.45, 2.75) is 13.2 Å². The smallest absolute Gasteiger partial charge is 0.331 e. The number of benzene rings is 2. The van der Waals surface area contributed by atoms with E-state index in [0.717, 1.165) is 4.90 Å². The number of ether oxygens (including phenoxy) is 1. The number of halogens is 1. The Hall–Kier alpha value is -4.20. The molecule has 2 aromatic carbocycles. The predicted octanol–water partition coefficient (Wildman–Crippen LogP) is 3.66. The topological polar surface area (TPSA) is 88.9 Å². The van der Waals surface area contributed by atoms with Crippen LogP contribution in [0.3, 0.4) is 0 Å². The number of carbonyl (C=O) groups excluding carboxylic acids is 3. The van der Waals surface area contributed by atoms with Crippen molar-refractivity contribution in [1.82, 2.24) is 10.2 Å². The second kappa shape index (κ2) is 8.66. The quantitative estimate of drug-likeness (QED) is 0.486. The Morgan fingerprint density at radius 1 is 1.03 bits per heavy atom. The number of urea groups is 1. The van der Waals surface area contributed by atoms with Gasteiger partial charge in [-0.3, -0.25) is 19.8 Å². The molecule has 0 radical (unpaired) electrons. The van der Waals surface area contributed by atoms with Crippen LogP contribution in [0.15, 0.2) is 76.9 Å². The summed E-state index contributed by atoms with van der Waals surface area (Å²) in [4.78, 5) is 38.2. The highest BCUT2D eigenvalue weighted by atomic mass is 19.1. The van der Waals surface area contributed by atoms with Gasteiger partial charge in [-0.25, -0.2) is 9.18 Å². The van der Waals surface area contributed by atoms with Crippen LogP contribution in [0.2, 0.25) is 0 Å². The Labute approximate surface area is 176 Å². The summed E-state index contributed by atoms with van der Waals surface area (Å²) in [6.45, 7) is -0.0127. The maximum Gasteiger partial charge on any atom is 0.331 e. The van der Waals surface area contributed by atoms with Crippen LogP contribution in [-0.2, 0) is 22.7 Å². The summed E-state index contributed by atoms with van der Waals surface area (Å²) in [5.74, 6) is -1.12. The zero-order chi connectivity index (χ0) is 21.8. The van der Waals surface area contributed by atoms with Crippen LogP contribution in [-0.4, -0.2) is 22.7 Å². The van der Waals surface area contributed by atoms with Gasteiger partial charge in [0.25, 0.3) is 11.8 Å². The molecular weight excluding hydrogens is 403 g/mol. The standard InChI is InChI=1S/C23H17FN2O5/c24-17-7-3-5-15(11-17)14-31-20-9-2-1-6-16(20)12-19-21(27)25-23(29)26(22(19)28)13-18-8-4-10-30-18/h1-12H,13-14H2,(H,25,27,29). The molecule has 0 spiro atoms. The highest BCUT2D eigenvalue weighted by molar-refractivity contribution is 6.31. The number of hydrogen-bond acceptors (Lipinski definition) is 5. The van der Waals surface area contributed by atoms with Crippen molar-refractivity contribution in [1.29, 1.82) is 0 Å². The molecule has 0 unspecified atom stereocenters. The van der Waals surface area contributed by atoms with Crippen LogP contribution in [0.5, 0.6) is 5.75 Å². The van der Waals surface area contributed by atoms with Crippen LogP contribution < -0.4 is 10.1 Å². The van der Waals surface area contributed by atoms with Crippen molar-refractivity contribution in [3.05, 3.63) is 95.2 Å². The Bertz CT molecular complexity index is 1170. The first-order chi connectivity index (χ1) is 15.0. The molecule has 1 N–H and O–H groups in total. The largest absolute Gasteiger partial charge is 0.488 e. The van der Waals surface area contributed by atoms with Crippen LogP contribution in [0.1, 0.15) is 16.9 Å². The summed E-state index contributed by atoms with van der Waals surface area (Å²) < 4.78 is 24.3. The Kier molecular flexibility index (Phi) is 5.61. The fourth-order valence-electron chi connectivity index (χ4n) is 3.07. The van der Waals surface area contributed by atoms with Crippen LogP contribution in [0.4, 0.5) is 9.18 Å². The van der Waals surface area contributed by atoms with E-state index in [1.54, 1.807) is 48.5 Å². The van der Waals surface area contributed by atoms with Gasteiger partial charge in [0.2, 0.25) is 0 Å². The van der Waals surface area contributed by atoms with Crippen LogP contribution in [0.25, 0.3) is 6.08 Å². The summed E-state index contributed by atoms with van der Waals surface area (Å²) in [5, 5.41) is 2.16. The summed E-state index contributed by atoms with van der Waals surface area (Å²) >= 11 is 0. The minimum atomic E-state index is -0.820. The van der Waals surface area contributed by atoms with Gasteiger partial charge in [0.05, 0.1) is 12.8 Å². The molecule has 2 heterocycles. The van der Waals surface area contributed by atoms with Crippen LogP contribution >= 0.6 is 0 Å². The normalized spacial score (nSPS) is 15.3. The zero-order valence-electron chi connectivity index (χ0n) is 16.2. The molecule has 156 valence electrons. The summed E-state index contributed by atoms with van der Waals surface area (Å²) in [6, 6.07) is 15.2. The van der Waals surface area contributed by atoms with Crippen molar-refractivity contribution in [2.24, 2.45) is 0 Å². The number of nitrogens with one attached hydrogen (secondary N) is 1. The molecule has 8 heteroatoms. The second-order valence-corrected chi connectivity index (χ2v) is 6.74. The van der Waals surface area contributed by atoms with Crippen molar-refractivity contribution < 1.29 is 27.9 Å². The number of furan rings is 1. The highest BCUT2D eigenvalue weighted by Crippen LogP contribution is 2.24. The first kappa shape index (κ1) is 20.1. The fourth-order valence-corrected chi connectivity index (χ4v) is 3.07. The summed E-state index contributed by atoms with van der Waals surface area (Å²) in [6.07, 6.45) is 2.79. The van der Waals surface area contributed by atoms with E-state index in [4.69, 9.17) is 9.15 Å². The van der Waals surface area contributed by atoms with E-state index >= 15 is 0 Å². The molecular formula is C23H17FN2O5. The number of barbiturate groups is 1. The Balaban J connectivity index is 1.58. The molecule has 3 aromatic rings. The lowest BCUT2D eigenvalue weighted by Gasteiger charge is -2.25. The van der Waals surface area contributed by atoms with Gasteiger partial charge in [-0.05, 0) is 42.0 Å². The lowest BCUT2D eigenvalue weighted by atomic mass is 10.1. The third-order valence-corrected chi connectivity index (χ3v) is 4.58. The Morgan fingerprint density at radius 2 is 1.87 bits per heavy atom. The van der Waals surface area contributed by atoms with E-state index in [1.165, 1.54) is 24.5 Å². The second-order valence-electron chi connectivity index (χ2n) is 6.74. The molecule has 0 bridgehead atoms. The molecule has 0 aliphatic carbocycles. The maximum absolute atomic E-state index is 13.4.